The second-order valence-corrected chi connectivity index (χ2v) is 5.00. The number of nitrogens with zero attached hydrogens (tertiary/aromatic N) is 1. The third kappa shape index (κ3) is 2.72. The summed E-state index contributed by atoms with van der Waals surface area (Å²) in [6.07, 6.45) is 0. The molecule has 5 heteroatoms. The Morgan fingerprint density at radius 1 is 1.14 bits per heavy atom. The van der Waals surface area contributed by atoms with Crippen molar-refractivity contribution in [2.45, 2.75) is 6.54 Å². The molecule has 0 saturated heterocycles. The Morgan fingerprint density at radius 3 is 2.52 bits per heavy atom. The van der Waals surface area contributed by atoms with E-state index in [2.05, 4.69) is 0 Å². The standard InChI is InChI=1S/C16H17FN2O2/c1-19(14-5-3-2-4-12(14)17)10-11-8-15-16(9-13(11)18)21-7-6-20-15/h2-5,8-9H,6-7,10,18H2,1H3. The minimum atomic E-state index is -0.254. The fourth-order valence-corrected chi connectivity index (χ4v) is 2.39. The van der Waals surface area contributed by atoms with E-state index in [1.54, 1.807) is 18.2 Å². The van der Waals surface area contributed by atoms with Crippen LogP contribution in [0, 0.1) is 5.82 Å². The van der Waals surface area contributed by atoms with Crippen LogP contribution in [0.15, 0.2) is 36.4 Å². The van der Waals surface area contributed by atoms with Crippen molar-refractivity contribution in [2.75, 3.05) is 30.9 Å². The normalized spacial score (nSPS) is 13.0. The number of nitrogens with two attached hydrogens (primary N) is 1. The van der Waals surface area contributed by atoms with Crippen molar-refractivity contribution in [1.82, 2.24) is 0 Å². The number of rotatable bonds is 3. The smallest absolute Gasteiger partial charge is 0.163 e. The van der Waals surface area contributed by atoms with Crippen LogP contribution in [-0.4, -0.2) is 20.3 Å². The molecule has 0 aliphatic carbocycles. The summed E-state index contributed by atoms with van der Waals surface area (Å²) in [5.74, 6) is 1.10. The Balaban J connectivity index is 1.86. The molecule has 0 spiro atoms. The summed E-state index contributed by atoms with van der Waals surface area (Å²) in [5.41, 5.74) is 8.08. The zero-order valence-corrected chi connectivity index (χ0v) is 11.8. The quantitative estimate of drug-likeness (QED) is 0.882. The average molecular weight is 288 g/mol. The van der Waals surface area contributed by atoms with E-state index < -0.39 is 0 Å². The molecule has 0 bridgehead atoms. The van der Waals surface area contributed by atoms with Gasteiger partial charge >= 0.3 is 0 Å². The predicted octanol–water partition coefficient (Wildman–Crippen LogP) is 2.82. The zero-order valence-electron chi connectivity index (χ0n) is 11.8. The second kappa shape index (κ2) is 5.52. The highest BCUT2D eigenvalue weighted by Crippen LogP contribution is 2.35. The van der Waals surface area contributed by atoms with Gasteiger partial charge in [0.25, 0.3) is 0 Å². The molecule has 0 aromatic heterocycles. The lowest BCUT2D eigenvalue weighted by molar-refractivity contribution is 0.171. The SMILES string of the molecule is CN(Cc1cc2c(cc1N)OCCO2)c1ccccc1F. The summed E-state index contributed by atoms with van der Waals surface area (Å²) < 4.78 is 24.8. The number of hydrogen-bond acceptors (Lipinski definition) is 4. The molecule has 2 N–H and O–H groups in total. The van der Waals surface area contributed by atoms with Crippen molar-refractivity contribution in [3.05, 3.63) is 47.8 Å². The minimum absolute atomic E-state index is 0.254. The van der Waals surface area contributed by atoms with E-state index in [0.717, 1.165) is 5.56 Å². The molecular weight excluding hydrogens is 271 g/mol. The van der Waals surface area contributed by atoms with Crippen molar-refractivity contribution in [3.8, 4) is 11.5 Å². The first-order valence-corrected chi connectivity index (χ1v) is 6.79. The lowest BCUT2D eigenvalue weighted by Gasteiger charge is -2.24. The van der Waals surface area contributed by atoms with E-state index in [1.165, 1.54) is 6.07 Å². The second-order valence-electron chi connectivity index (χ2n) is 5.00. The minimum Gasteiger partial charge on any atom is -0.486 e. The first-order chi connectivity index (χ1) is 10.1. The maximum atomic E-state index is 13.8. The Hall–Kier alpha value is -2.43. The zero-order chi connectivity index (χ0) is 14.8. The third-order valence-electron chi connectivity index (χ3n) is 3.48. The molecule has 1 heterocycles. The molecule has 1 aliphatic heterocycles. The van der Waals surface area contributed by atoms with Crippen LogP contribution < -0.4 is 20.1 Å². The van der Waals surface area contributed by atoms with Crippen LogP contribution in [0.4, 0.5) is 15.8 Å². The van der Waals surface area contributed by atoms with E-state index in [1.807, 2.05) is 24.1 Å². The summed E-state index contributed by atoms with van der Waals surface area (Å²) in [4.78, 5) is 1.82. The molecule has 0 saturated carbocycles. The van der Waals surface area contributed by atoms with Crippen LogP contribution >= 0.6 is 0 Å². The number of anilines is 2. The number of ether oxygens (including phenoxy) is 2. The fourth-order valence-electron chi connectivity index (χ4n) is 2.39. The Kier molecular flexibility index (Phi) is 3.56. The topological polar surface area (TPSA) is 47.7 Å². The van der Waals surface area contributed by atoms with Crippen LogP contribution in [0.1, 0.15) is 5.56 Å². The van der Waals surface area contributed by atoms with Crippen molar-refractivity contribution in [1.29, 1.82) is 0 Å². The summed E-state index contributed by atoms with van der Waals surface area (Å²) in [6, 6.07) is 10.3. The molecule has 0 amide bonds. The van der Waals surface area contributed by atoms with Gasteiger partial charge in [-0.05, 0) is 23.8 Å². The number of para-hydroxylation sites is 1. The maximum Gasteiger partial charge on any atom is 0.163 e. The molecule has 0 radical (unpaired) electrons. The van der Waals surface area contributed by atoms with Crippen molar-refractivity contribution >= 4 is 11.4 Å². The van der Waals surface area contributed by atoms with Gasteiger partial charge in [0.15, 0.2) is 11.5 Å². The molecular formula is C16H17FN2O2. The first-order valence-electron chi connectivity index (χ1n) is 6.79. The van der Waals surface area contributed by atoms with Gasteiger partial charge in [-0.15, -0.1) is 0 Å². The molecule has 110 valence electrons. The van der Waals surface area contributed by atoms with Gasteiger partial charge in [0.1, 0.15) is 19.0 Å². The Morgan fingerprint density at radius 2 is 1.81 bits per heavy atom. The van der Waals surface area contributed by atoms with Crippen molar-refractivity contribution in [2.24, 2.45) is 0 Å². The molecule has 2 aromatic rings. The van der Waals surface area contributed by atoms with Crippen LogP contribution in [-0.2, 0) is 6.54 Å². The highest BCUT2D eigenvalue weighted by molar-refractivity contribution is 5.60. The summed E-state index contributed by atoms with van der Waals surface area (Å²) in [5, 5.41) is 0. The van der Waals surface area contributed by atoms with Crippen molar-refractivity contribution < 1.29 is 13.9 Å². The first kappa shape index (κ1) is 13.5. The van der Waals surface area contributed by atoms with Crippen LogP contribution in [0.3, 0.4) is 0 Å². The van der Waals surface area contributed by atoms with Gasteiger partial charge in [-0.2, -0.15) is 0 Å². The summed E-state index contributed by atoms with van der Waals surface area (Å²) >= 11 is 0. The number of hydrogen-bond donors (Lipinski definition) is 1. The molecule has 2 aromatic carbocycles. The van der Waals surface area contributed by atoms with Crippen LogP contribution in [0.5, 0.6) is 11.5 Å². The Labute approximate surface area is 122 Å². The van der Waals surface area contributed by atoms with E-state index >= 15 is 0 Å². The van der Waals surface area contributed by atoms with Gasteiger partial charge in [0, 0.05) is 25.3 Å². The summed E-state index contributed by atoms with van der Waals surface area (Å²) in [7, 11) is 1.83. The molecule has 3 rings (SSSR count). The molecule has 0 atom stereocenters. The molecule has 4 nitrogen and oxygen atoms in total. The van der Waals surface area contributed by atoms with E-state index in [-0.39, 0.29) is 5.82 Å². The fraction of sp³-hybridized carbons (Fsp3) is 0.250. The monoisotopic (exact) mass is 288 g/mol. The lowest BCUT2D eigenvalue weighted by atomic mass is 10.1. The van der Waals surface area contributed by atoms with E-state index in [4.69, 9.17) is 15.2 Å². The predicted molar refractivity (Wildman–Crippen MR) is 80.4 cm³/mol. The molecule has 0 fully saturated rings. The van der Waals surface area contributed by atoms with Gasteiger partial charge < -0.3 is 20.1 Å². The van der Waals surface area contributed by atoms with Gasteiger partial charge in [0.2, 0.25) is 0 Å². The lowest BCUT2D eigenvalue weighted by Crippen LogP contribution is -2.20. The van der Waals surface area contributed by atoms with Crippen LogP contribution in [0.25, 0.3) is 0 Å². The molecule has 0 unspecified atom stereocenters. The van der Waals surface area contributed by atoms with Crippen LogP contribution in [0.2, 0.25) is 0 Å². The van der Waals surface area contributed by atoms with Gasteiger partial charge in [-0.25, -0.2) is 4.39 Å². The van der Waals surface area contributed by atoms with E-state index in [0.29, 0.717) is 42.6 Å². The highest BCUT2D eigenvalue weighted by Gasteiger charge is 2.16. The highest BCUT2D eigenvalue weighted by atomic mass is 19.1. The van der Waals surface area contributed by atoms with Gasteiger partial charge in [-0.3, -0.25) is 0 Å². The maximum absolute atomic E-state index is 13.8. The largest absolute Gasteiger partial charge is 0.486 e. The number of fused-ring (bicyclic) bond motifs is 1. The number of nitrogen functional groups attached to an aromatic ring is 1. The Bertz CT molecular complexity index is 661. The summed E-state index contributed by atoms with van der Waals surface area (Å²) in [6.45, 7) is 1.55. The molecule has 21 heavy (non-hydrogen) atoms. The van der Waals surface area contributed by atoms with Gasteiger partial charge in [0.05, 0.1) is 5.69 Å². The van der Waals surface area contributed by atoms with Gasteiger partial charge in [-0.1, -0.05) is 12.1 Å². The van der Waals surface area contributed by atoms with Crippen molar-refractivity contribution in [3.63, 3.8) is 0 Å². The third-order valence-corrected chi connectivity index (χ3v) is 3.48. The molecule has 1 aliphatic rings. The number of halogens is 1. The van der Waals surface area contributed by atoms with E-state index in [9.17, 15) is 4.39 Å². The number of benzene rings is 2. The average Bonchev–Trinajstić information content (AvgIpc) is 2.48.